The molecule has 0 amide bonds. The quantitative estimate of drug-likeness (QED) is 0.148. The van der Waals surface area contributed by atoms with Crippen molar-refractivity contribution in [3.63, 3.8) is 0 Å². The number of ether oxygens (including phenoxy) is 2. The fraction of sp³-hybridized carbons (Fsp3) is 0.0294. The van der Waals surface area contributed by atoms with Gasteiger partial charge < -0.3 is 27.1 Å². The fourth-order valence-corrected chi connectivity index (χ4v) is 25.1. The summed E-state index contributed by atoms with van der Waals surface area (Å²) < 4.78 is 38.8. The molecular formula is C136H78O6. The van der Waals surface area contributed by atoms with Gasteiger partial charge in [-0.1, -0.05) is 364 Å². The lowest BCUT2D eigenvalue weighted by Crippen LogP contribution is -2.17. The first-order valence-electron chi connectivity index (χ1n) is 49.1. The van der Waals surface area contributed by atoms with Gasteiger partial charge >= 0.3 is 0 Å². The first kappa shape index (κ1) is 77.8. The molecule has 6 heteroatoms. The molecule has 2 aliphatic carbocycles. The Labute approximate surface area is 812 Å². The summed E-state index contributed by atoms with van der Waals surface area (Å²) in [5.41, 5.74) is 26.2. The predicted octanol–water partition coefficient (Wildman–Crippen LogP) is 37.6. The van der Waals surface area contributed by atoms with Gasteiger partial charge in [0, 0.05) is 82.7 Å². The first-order chi connectivity index (χ1) is 70.3. The van der Waals surface area contributed by atoms with Gasteiger partial charge in [0.05, 0.1) is 0 Å². The number of rotatable bonds is 7. The molecule has 142 heavy (non-hydrogen) atoms. The van der Waals surface area contributed by atoms with Crippen LogP contribution in [0.15, 0.2) is 467 Å². The average Bonchev–Trinajstić information content (AvgIpc) is 1.16. The summed E-state index contributed by atoms with van der Waals surface area (Å²) in [5.74, 6) is 2.21. The molecule has 4 aliphatic rings. The molecule has 6 nitrogen and oxygen atoms in total. The minimum Gasteiger partial charge on any atom is -0.485 e. The van der Waals surface area contributed by atoms with Crippen molar-refractivity contribution in [2.75, 3.05) is 0 Å². The zero-order chi connectivity index (χ0) is 92.4. The first-order valence-corrected chi connectivity index (χ1v) is 49.1. The molecule has 0 bridgehead atoms. The van der Waals surface area contributed by atoms with E-state index in [9.17, 15) is 0 Å². The van der Waals surface area contributed by atoms with Crippen LogP contribution in [0.3, 0.4) is 0 Å². The van der Waals surface area contributed by atoms with Gasteiger partial charge in [0.15, 0.2) is 0 Å². The van der Waals surface area contributed by atoms with E-state index in [-0.39, 0.29) is 24.0 Å². The Morgan fingerprint density at radius 1 is 0.169 bits per heavy atom. The highest BCUT2D eigenvalue weighted by molar-refractivity contribution is 6.30. The van der Waals surface area contributed by atoms with E-state index in [4.69, 9.17) is 27.1 Å². The SMILES string of the molecule is C1=CC2Oc3ccc(-c4ccc5c(c4)C4C=C(c6ccc7ccc8cccc9ccc6c7c89)C=CC4O5)cc3C2C=C1c1ccc2ccc3cccc4ccc1c2c34.c1cc2ccc3ccc(-c4ccc5oc6c(-c7cccc8c7oc7ccccc78)cccc6c5c4)c4ccc(c1)c2c34.c1cc2ccc3ccc(-c4ccc5oc6ccc(-c7cccc8c7oc7ccccc78)cc6c5c4)c4ccc(c1)c2c34. The Morgan fingerprint density at radius 2 is 0.451 bits per heavy atom. The van der Waals surface area contributed by atoms with Crippen LogP contribution in [0.4, 0.5) is 0 Å². The molecule has 0 fully saturated rings. The number of hydrogen-bond acceptors (Lipinski definition) is 6. The van der Waals surface area contributed by atoms with Gasteiger partial charge in [-0.25, -0.2) is 0 Å². The molecular weight excluding hydrogens is 1730 g/mol. The van der Waals surface area contributed by atoms with Gasteiger partial charge in [-0.15, -0.1) is 0 Å². The molecule has 4 unspecified atom stereocenters. The van der Waals surface area contributed by atoms with Crippen LogP contribution in [0, 0.1) is 0 Å². The molecule has 658 valence electrons. The van der Waals surface area contributed by atoms with E-state index >= 15 is 0 Å². The van der Waals surface area contributed by atoms with Crippen LogP contribution in [0.25, 0.3) is 284 Å². The zero-order valence-electron chi connectivity index (χ0n) is 76.5. The Hall–Kier alpha value is -18.4. The van der Waals surface area contributed by atoms with Crippen molar-refractivity contribution >= 4 is 228 Å². The van der Waals surface area contributed by atoms with Crippen LogP contribution in [-0.4, -0.2) is 12.2 Å². The number of hydrogen-bond donors (Lipinski definition) is 0. The molecule has 0 spiro atoms. The van der Waals surface area contributed by atoms with Crippen molar-refractivity contribution in [2.24, 2.45) is 0 Å². The number of furan rings is 4. The van der Waals surface area contributed by atoms with E-state index in [0.29, 0.717) is 0 Å². The second kappa shape index (κ2) is 29.6. The molecule has 0 radical (unpaired) electrons. The Bertz CT molecular complexity index is 10400. The highest BCUT2D eigenvalue weighted by Crippen LogP contribution is 2.54. The summed E-state index contributed by atoms with van der Waals surface area (Å²) in [6.07, 6.45) is 13.9. The van der Waals surface area contributed by atoms with Crippen LogP contribution < -0.4 is 9.47 Å². The molecule has 4 aromatic heterocycles. The smallest absolute Gasteiger partial charge is 0.143 e. The number of allylic oxidation sites excluding steroid dienone is 4. The van der Waals surface area contributed by atoms with Gasteiger partial charge in [-0.3, -0.25) is 0 Å². The third-order valence-corrected chi connectivity index (χ3v) is 31.7. The van der Waals surface area contributed by atoms with Gasteiger partial charge in [0.2, 0.25) is 0 Å². The second-order valence-corrected chi connectivity index (χ2v) is 39.1. The van der Waals surface area contributed by atoms with Crippen LogP contribution in [-0.2, 0) is 0 Å². The number of fused-ring (bicyclic) bond motifs is 18. The number of benzene rings is 26. The fourth-order valence-electron chi connectivity index (χ4n) is 25.1. The normalized spacial score (nSPS) is 15.6. The van der Waals surface area contributed by atoms with E-state index < -0.39 is 0 Å². The summed E-state index contributed by atoms with van der Waals surface area (Å²) in [6, 6.07) is 150. The van der Waals surface area contributed by atoms with Crippen molar-refractivity contribution in [3.05, 3.63) is 471 Å². The van der Waals surface area contributed by atoms with E-state index in [2.05, 4.69) is 425 Å². The summed E-state index contributed by atoms with van der Waals surface area (Å²) in [7, 11) is 0. The molecule has 6 heterocycles. The van der Waals surface area contributed by atoms with Crippen LogP contribution in [0.5, 0.6) is 11.5 Å². The monoisotopic (exact) mass is 1810 g/mol. The lowest BCUT2D eigenvalue weighted by atomic mass is 9.83. The van der Waals surface area contributed by atoms with Gasteiger partial charge in [-0.05, 0) is 275 Å². The maximum absolute atomic E-state index is 6.59. The Kier molecular flexibility index (Phi) is 16.2. The summed E-state index contributed by atoms with van der Waals surface area (Å²) in [4.78, 5) is 0. The summed E-state index contributed by atoms with van der Waals surface area (Å²) in [6.45, 7) is 0. The summed E-state index contributed by atoms with van der Waals surface area (Å²) >= 11 is 0. The van der Waals surface area contributed by atoms with Crippen LogP contribution >= 0.6 is 0 Å². The molecule has 30 aromatic rings. The van der Waals surface area contributed by atoms with Crippen LogP contribution in [0.1, 0.15) is 34.1 Å². The predicted molar refractivity (Wildman–Crippen MR) is 592 cm³/mol. The van der Waals surface area contributed by atoms with E-state index in [1.807, 2.05) is 24.3 Å². The highest BCUT2D eigenvalue weighted by atomic mass is 16.5. The van der Waals surface area contributed by atoms with Crippen molar-refractivity contribution in [3.8, 4) is 67.1 Å². The Morgan fingerprint density at radius 3 is 0.845 bits per heavy atom. The molecule has 4 atom stereocenters. The molecule has 0 N–H and O–H groups in total. The van der Waals surface area contributed by atoms with E-state index in [0.717, 1.165) is 122 Å². The van der Waals surface area contributed by atoms with Gasteiger partial charge in [-0.2, -0.15) is 0 Å². The minimum atomic E-state index is -0.0136. The zero-order valence-corrected chi connectivity index (χ0v) is 76.5. The highest BCUT2D eigenvalue weighted by Gasteiger charge is 2.38. The van der Waals surface area contributed by atoms with Crippen molar-refractivity contribution in [2.45, 2.75) is 24.0 Å². The Balaban J connectivity index is 0.0000000978. The molecule has 2 aliphatic heterocycles. The van der Waals surface area contributed by atoms with Gasteiger partial charge in [0.25, 0.3) is 0 Å². The van der Waals surface area contributed by atoms with Gasteiger partial charge in [0.1, 0.15) is 68.4 Å². The molecule has 26 aromatic carbocycles. The second-order valence-electron chi connectivity index (χ2n) is 39.1. The number of para-hydroxylation sites is 5. The van der Waals surface area contributed by atoms with Crippen molar-refractivity contribution in [1.29, 1.82) is 0 Å². The summed E-state index contributed by atoms with van der Waals surface area (Å²) in [5, 5.41) is 40.3. The minimum absolute atomic E-state index is 0.0136. The standard InChI is InChI=1S/C56H34O2.2C40H22O2/c1-3-31-7-9-35-11-19-41(43-21-13-33(5-1)53(31)55(35)43)39-17-25-51-47(29-39)45-27-37(15-23-49(45)57-51)38-16-24-50-46(28-38)48-30-40(18-26-52(48)58-50)42-20-12-36-10-8-32-4-2-6-34-14-22-44(42)56(36)54(32)34;1-2-13-35-28(8-1)30-9-4-10-31(39(30)41-35)32-11-5-12-33-34-22-26(18-21-36(34)42-40(32)33)27-19-16-25-15-14-23-6-3-7-24-17-20-29(27)38(25)37(23)24;1-2-10-35-30(7-1)32-9-4-8-29(40(32)42-35)27-16-20-37-34(22-27)33-21-26(15-19-36(33)41-37)28-17-13-25-12-11-23-5-3-6-24-14-18-31(28)39(25)38(23)24/h1-30,47-48,51-52H;2*1-22H. The molecule has 0 saturated carbocycles. The molecule has 34 rings (SSSR count). The van der Waals surface area contributed by atoms with E-state index in [1.54, 1.807) is 0 Å². The van der Waals surface area contributed by atoms with Crippen molar-refractivity contribution in [1.82, 2.24) is 0 Å². The topological polar surface area (TPSA) is 71.0 Å². The maximum Gasteiger partial charge on any atom is 0.143 e. The van der Waals surface area contributed by atoms with Crippen LogP contribution in [0.2, 0.25) is 0 Å². The van der Waals surface area contributed by atoms with Crippen molar-refractivity contribution < 1.29 is 27.1 Å². The largest absolute Gasteiger partial charge is 0.485 e. The third kappa shape index (κ3) is 11.5. The van der Waals surface area contributed by atoms with E-state index in [1.165, 1.54) is 196 Å². The lowest BCUT2D eigenvalue weighted by Gasteiger charge is -2.21. The maximum atomic E-state index is 6.59. The third-order valence-electron chi connectivity index (χ3n) is 31.7. The lowest BCUT2D eigenvalue weighted by molar-refractivity contribution is 0.269. The average molecular weight is 1810 g/mol. The molecule has 0 saturated heterocycles.